The highest BCUT2D eigenvalue weighted by Gasteiger charge is 2.31. The van der Waals surface area contributed by atoms with Crippen molar-refractivity contribution in [2.24, 2.45) is 11.7 Å². The number of nitrogens with one attached hydrogen (secondary N) is 4. The van der Waals surface area contributed by atoms with Gasteiger partial charge in [-0.05, 0) is 49.3 Å². The van der Waals surface area contributed by atoms with Crippen molar-refractivity contribution >= 4 is 41.4 Å². The van der Waals surface area contributed by atoms with E-state index < -0.39 is 60.4 Å². The molecule has 6 N–H and O–H groups in total. The molecule has 210 valence electrons. The molecule has 0 radical (unpaired) electrons. The second kappa shape index (κ2) is 17.8. The molecule has 2 heterocycles. The number of ether oxygens (including phenoxy) is 1. The van der Waals surface area contributed by atoms with Crippen molar-refractivity contribution in [2.75, 3.05) is 24.6 Å². The molecule has 4 atom stereocenters. The fourth-order valence-corrected chi connectivity index (χ4v) is 4.56. The van der Waals surface area contributed by atoms with Crippen LogP contribution in [0.3, 0.4) is 0 Å². The number of nitrogens with two attached hydrogens (primary N) is 1. The van der Waals surface area contributed by atoms with Gasteiger partial charge in [-0.15, -0.1) is 0 Å². The lowest BCUT2D eigenvalue weighted by atomic mass is 10.0. The van der Waals surface area contributed by atoms with Crippen molar-refractivity contribution < 1.29 is 28.7 Å². The Balaban J connectivity index is 0.00000217. The molecule has 0 aromatic carbocycles. The first-order valence-corrected chi connectivity index (χ1v) is 14.1. The number of thioether (sulfide) groups is 1. The van der Waals surface area contributed by atoms with Crippen molar-refractivity contribution in [1.29, 1.82) is 0 Å². The van der Waals surface area contributed by atoms with Gasteiger partial charge in [0.2, 0.25) is 23.6 Å². The molecule has 2 aliphatic heterocycles. The van der Waals surface area contributed by atoms with Crippen LogP contribution < -0.4 is 27.0 Å². The molecule has 11 nitrogen and oxygen atoms in total. The molecule has 0 spiro atoms. The van der Waals surface area contributed by atoms with Crippen LogP contribution in [0, 0.1) is 5.92 Å². The number of amides is 4. The number of esters is 1. The molecular weight excluding hydrogens is 498 g/mol. The second-order valence-electron chi connectivity index (χ2n) is 9.18. The van der Waals surface area contributed by atoms with Crippen LogP contribution in [0.25, 0.3) is 0 Å². The van der Waals surface area contributed by atoms with E-state index in [1.54, 1.807) is 31.7 Å². The van der Waals surface area contributed by atoms with E-state index in [9.17, 15) is 24.0 Å². The molecule has 1 saturated heterocycles. The summed E-state index contributed by atoms with van der Waals surface area (Å²) in [5.41, 5.74) is 4.85. The summed E-state index contributed by atoms with van der Waals surface area (Å²) in [7, 11) is 0. The van der Waals surface area contributed by atoms with Crippen LogP contribution in [-0.4, -0.2) is 78.4 Å². The van der Waals surface area contributed by atoms with Gasteiger partial charge in [-0.1, -0.05) is 40.2 Å². The van der Waals surface area contributed by atoms with Crippen LogP contribution >= 0.6 is 11.8 Å². The van der Waals surface area contributed by atoms with E-state index in [-0.39, 0.29) is 12.3 Å². The lowest BCUT2D eigenvalue weighted by Crippen LogP contribution is -2.58. The van der Waals surface area contributed by atoms with Gasteiger partial charge in [-0.3, -0.25) is 24.0 Å². The molecule has 0 saturated carbocycles. The predicted octanol–water partition coefficient (Wildman–Crippen LogP) is 0.377. The number of hydrogen-bond donors (Lipinski definition) is 5. The molecular formula is C25H43N5O6S. The smallest absolute Gasteiger partial charge is 0.326 e. The zero-order chi connectivity index (χ0) is 27.8. The van der Waals surface area contributed by atoms with Gasteiger partial charge in [-0.2, -0.15) is 11.8 Å². The maximum atomic E-state index is 13.1. The number of rotatable bonds is 3. The average molecular weight is 542 g/mol. The zero-order valence-corrected chi connectivity index (χ0v) is 23.2. The Morgan fingerprint density at radius 3 is 2.38 bits per heavy atom. The van der Waals surface area contributed by atoms with Gasteiger partial charge in [0.15, 0.2) is 0 Å². The lowest BCUT2D eigenvalue weighted by Gasteiger charge is -2.27. The van der Waals surface area contributed by atoms with Gasteiger partial charge in [-0.25, -0.2) is 0 Å². The molecule has 1 fully saturated rings. The van der Waals surface area contributed by atoms with Gasteiger partial charge in [0.25, 0.3) is 0 Å². The number of allylic oxidation sites excluding steroid dienone is 1. The largest absolute Gasteiger partial charge is 0.456 e. The number of fused-ring (bicyclic) bond motifs is 7. The minimum atomic E-state index is -0.891. The molecule has 2 unspecified atom stereocenters. The van der Waals surface area contributed by atoms with Crippen LogP contribution in [0.5, 0.6) is 0 Å². The summed E-state index contributed by atoms with van der Waals surface area (Å²) < 4.78 is 5.43. The summed E-state index contributed by atoms with van der Waals surface area (Å²) in [4.78, 5) is 64.0. The van der Waals surface area contributed by atoms with Crippen LogP contribution in [0.1, 0.15) is 59.8 Å². The maximum Gasteiger partial charge on any atom is 0.326 e. The van der Waals surface area contributed by atoms with Crippen LogP contribution in [-0.2, 0) is 28.7 Å². The third-order valence-electron chi connectivity index (χ3n) is 5.52. The van der Waals surface area contributed by atoms with Crippen LogP contribution in [0.15, 0.2) is 12.2 Å². The molecule has 0 aromatic heterocycles. The first kappa shape index (κ1) is 32.4. The Morgan fingerprint density at radius 2 is 1.73 bits per heavy atom. The third-order valence-corrected chi connectivity index (χ3v) is 6.56. The summed E-state index contributed by atoms with van der Waals surface area (Å²) in [6.45, 7) is 7.71. The van der Waals surface area contributed by atoms with Gasteiger partial charge >= 0.3 is 5.97 Å². The first-order valence-electron chi connectivity index (χ1n) is 12.9. The van der Waals surface area contributed by atoms with Gasteiger partial charge < -0.3 is 31.7 Å². The Bertz CT molecular complexity index is 806. The normalized spacial score (nSPS) is 27.4. The monoisotopic (exact) mass is 541 g/mol. The van der Waals surface area contributed by atoms with Crippen molar-refractivity contribution in [1.82, 2.24) is 21.3 Å². The second-order valence-corrected chi connectivity index (χ2v) is 10.4. The van der Waals surface area contributed by atoms with Crippen molar-refractivity contribution in [2.45, 2.75) is 84.0 Å². The highest BCUT2D eigenvalue weighted by molar-refractivity contribution is 7.99. The van der Waals surface area contributed by atoms with E-state index in [4.69, 9.17) is 10.5 Å². The molecule has 0 aromatic rings. The lowest BCUT2D eigenvalue weighted by molar-refractivity contribution is -0.148. The number of carbonyl (C=O) groups excluding carboxylic acids is 5. The van der Waals surface area contributed by atoms with E-state index in [1.165, 1.54) is 0 Å². The highest BCUT2D eigenvalue weighted by Crippen LogP contribution is 2.12. The number of hydrogen-bond acceptors (Lipinski definition) is 8. The van der Waals surface area contributed by atoms with Crippen molar-refractivity contribution in [3.63, 3.8) is 0 Å². The molecule has 4 amide bonds. The summed E-state index contributed by atoms with van der Waals surface area (Å²) >= 11 is 1.63. The average Bonchev–Trinajstić information content (AvgIpc) is 2.83. The van der Waals surface area contributed by atoms with E-state index in [2.05, 4.69) is 21.3 Å². The maximum absolute atomic E-state index is 13.1. The summed E-state index contributed by atoms with van der Waals surface area (Å²) in [6.07, 6.45) is 4.61. The quantitative estimate of drug-likeness (QED) is 0.252. The minimum absolute atomic E-state index is 0.157. The van der Waals surface area contributed by atoms with Crippen molar-refractivity contribution in [3.05, 3.63) is 12.2 Å². The van der Waals surface area contributed by atoms with E-state index in [0.717, 1.165) is 12.3 Å². The predicted molar refractivity (Wildman–Crippen MR) is 143 cm³/mol. The summed E-state index contributed by atoms with van der Waals surface area (Å²) in [5, 5.41) is 10.7. The number of carbonyl (C=O) groups is 5. The van der Waals surface area contributed by atoms with Crippen molar-refractivity contribution in [3.8, 4) is 0 Å². The SMILES string of the molecule is CCC[C@H]1NC(=O)CC2/C=C/CCSCCC(NC1=O)C(=O)N[C@H](C(C)C)C(=O)NCC(=O)O2.CCN. The fourth-order valence-electron chi connectivity index (χ4n) is 3.65. The van der Waals surface area contributed by atoms with E-state index in [0.29, 0.717) is 31.4 Å². The van der Waals surface area contributed by atoms with Crippen LogP contribution in [0.4, 0.5) is 0 Å². The van der Waals surface area contributed by atoms with E-state index >= 15 is 0 Å². The topological polar surface area (TPSA) is 169 Å². The minimum Gasteiger partial charge on any atom is -0.456 e. The van der Waals surface area contributed by atoms with Gasteiger partial charge in [0.1, 0.15) is 30.8 Å². The molecule has 37 heavy (non-hydrogen) atoms. The Morgan fingerprint density at radius 1 is 1.03 bits per heavy atom. The van der Waals surface area contributed by atoms with Gasteiger partial charge in [0, 0.05) is 0 Å². The molecule has 12 heteroatoms. The molecule has 2 rings (SSSR count). The van der Waals surface area contributed by atoms with Gasteiger partial charge in [0.05, 0.1) is 6.42 Å². The highest BCUT2D eigenvalue weighted by atomic mass is 32.2. The molecule has 2 aliphatic rings. The van der Waals surface area contributed by atoms with Crippen LogP contribution in [0.2, 0.25) is 0 Å². The standard InChI is InChI=1S/C23H36N4O6S.C2H7N/c1-4-7-16-21(30)26-17-9-11-34-10-6-5-8-15(12-18(28)25-16)33-19(29)13-24-23(32)20(14(2)3)27-22(17)31;1-2-3/h5,8,14-17,20H,4,6-7,9-13H2,1-3H3,(H,24,32)(H,25,28)(H,26,30)(H,27,31);2-3H2,1H3/b8-5+;/t15?,16-,17?,20-;/m1./s1. The summed E-state index contributed by atoms with van der Waals surface area (Å²) in [6, 6.07) is -2.59. The summed E-state index contributed by atoms with van der Waals surface area (Å²) in [5.74, 6) is -1.49. The fraction of sp³-hybridized carbons (Fsp3) is 0.720. The Labute approximate surface area is 223 Å². The van der Waals surface area contributed by atoms with E-state index in [1.807, 2.05) is 19.9 Å². The third kappa shape index (κ3) is 12.5. The zero-order valence-electron chi connectivity index (χ0n) is 22.3. The first-order chi connectivity index (χ1) is 17.6. The molecule has 2 bridgehead atoms. The Hall–Kier alpha value is -2.60. The Kier molecular flexibility index (Phi) is 15.6. The molecule has 0 aliphatic carbocycles.